The lowest BCUT2D eigenvalue weighted by molar-refractivity contribution is -0.385. The SMILES string of the molecule is O=Cc1cc(Oc2ccc([N+](=O)[O-])cc2)ccc1[N+](=O)[O-]. The fourth-order valence-electron chi connectivity index (χ4n) is 1.63. The Bertz CT molecular complexity index is 711. The Morgan fingerprint density at radius 3 is 2.05 bits per heavy atom. The van der Waals surface area contributed by atoms with Gasteiger partial charge in [-0.1, -0.05) is 0 Å². The fourth-order valence-corrected chi connectivity index (χ4v) is 1.63. The molecule has 0 bridgehead atoms. The zero-order valence-electron chi connectivity index (χ0n) is 10.5. The molecule has 8 nitrogen and oxygen atoms in total. The summed E-state index contributed by atoms with van der Waals surface area (Å²) in [4.78, 5) is 30.8. The van der Waals surface area contributed by atoms with E-state index in [0.717, 1.165) is 6.07 Å². The van der Waals surface area contributed by atoms with E-state index in [2.05, 4.69) is 0 Å². The van der Waals surface area contributed by atoms with Crippen molar-refractivity contribution >= 4 is 17.7 Å². The topological polar surface area (TPSA) is 113 Å². The molecular weight excluding hydrogens is 280 g/mol. The second kappa shape index (κ2) is 5.78. The lowest BCUT2D eigenvalue weighted by Crippen LogP contribution is -1.95. The monoisotopic (exact) mass is 288 g/mol. The second-order valence-corrected chi connectivity index (χ2v) is 3.95. The number of hydrogen-bond acceptors (Lipinski definition) is 6. The first-order valence-corrected chi connectivity index (χ1v) is 5.67. The molecule has 2 rings (SSSR count). The van der Waals surface area contributed by atoms with Crippen molar-refractivity contribution < 1.29 is 19.4 Å². The molecule has 0 fully saturated rings. The molecule has 2 aromatic carbocycles. The minimum Gasteiger partial charge on any atom is -0.457 e. The maximum absolute atomic E-state index is 10.8. The highest BCUT2D eigenvalue weighted by Gasteiger charge is 2.14. The number of carbonyl (C=O) groups excluding carboxylic acids is 1. The summed E-state index contributed by atoms with van der Waals surface area (Å²) in [6, 6.07) is 9.03. The molecule has 2 aromatic rings. The molecule has 0 saturated carbocycles. The first kappa shape index (κ1) is 14.1. The first-order chi connectivity index (χ1) is 10.0. The number of aldehydes is 1. The third-order valence-corrected chi connectivity index (χ3v) is 2.61. The van der Waals surface area contributed by atoms with Crippen LogP contribution in [0.2, 0.25) is 0 Å². The Morgan fingerprint density at radius 1 is 0.905 bits per heavy atom. The van der Waals surface area contributed by atoms with Crippen LogP contribution in [0.1, 0.15) is 10.4 Å². The Morgan fingerprint density at radius 2 is 1.52 bits per heavy atom. The van der Waals surface area contributed by atoms with Crippen molar-refractivity contribution in [3.05, 3.63) is 68.3 Å². The van der Waals surface area contributed by atoms with Crippen molar-refractivity contribution in [1.29, 1.82) is 0 Å². The molecule has 0 amide bonds. The summed E-state index contributed by atoms with van der Waals surface area (Å²) in [7, 11) is 0. The Balaban J connectivity index is 2.25. The third kappa shape index (κ3) is 3.18. The number of nitro groups is 2. The van der Waals surface area contributed by atoms with Crippen molar-refractivity contribution in [2.75, 3.05) is 0 Å². The van der Waals surface area contributed by atoms with E-state index in [1.165, 1.54) is 36.4 Å². The van der Waals surface area contributed by atoms with Crippen molar-refractivity contribution in [3.8, 4) is 11.5 Å². The van der Waals surface area contributed by atoms with Gasteiger partial charge in [0.05, 0.1) is 15.4 Å². The van der Waals surface area contributed by atoms with Crippen LogP contribution in [0.3, 0.4) is 0 Å². The second-order valence-electron chi connectivity index (χ2n) is 3.95. The summed E-state index contributed by atoms with van der Waals surface area (Å²) in [6.07, 6.45) is 0.362. The lowest BCUT2D eigenvalue weighted by atomic mass is 10.2. The Labute approximate surface area is 117 Å². The summed E-state index contributed by atoms with van der Waals surface area (Å²) >= 11 is 0. The molecule has 0 spiro atoms. The number of nitrogens with zero attached hydrogens (tertiary/aromatic N) is 2. The molecule has 0 N–H and O–H groups in total. The van der Waals surface area contributed by atoms with Crippen molar-refractivity contribution in [1.82, 2.24) is 0 Å². The van der Waals surface area contributed by atoms with Gasteiger partial charge in [-0.3, -0.25) is 25.0 Å². The van der Waals surface area contributed by atoms with E-state index in [1.54, 1.807) is 0 Å². The van der Waals surface area contributed by atoms with Crippen LogP contribution in [-0.2, 0) is 0 Å². The van der Waals surface area contributed by atoms with E-state index in [9.17, 15) is 25.0 Å². The minimum atomic E-state index is -0.667. The fraction of sp³-hybridized carbons (Fsp3) is 0. The van der Waals surface area contributed by atoms with Gasteiger partial charge in [0.1, 0.15) is 11.5 Å². The van der Waals surface area contributed by atoms with Gasteiger partial charge in [-0.15, -0.1) is 0 Å². The molecule has 0 saturated heterocycles. The van der Waals surface area contributed by atoms with E-state index in [-0.39, 0.29) is 22.7 Å². The van der Waals surface area contributed by atoms with Gasteiger partial charge in [-0.05, 0) is 24.3 Å². The third-order valence-electron chi connectivity index (χ3n) is 2.61. The number of non-ortho nitro benzene ring substituents is 1. The summed E-state index contributed by atoms with van der Waals surface area (Å²) in [5.41, 5.74) is -0.514. The van der Waals surface area contributed by atoms with E-state index in [1.807, 2.05) is 0 Å². The van der Waals surface area contributed by atoms with Crippen LogP contribution in [0.5, 0.6) is 11.5 Å². The average molecular weight is 288 g/mol. The average Bonchev–Trinajstić information content (AvgIpc) is 2.47. The molecular formula is C13H8N2O6. The van der Waals surface area contributed by atoms with Crippen molar-refractivity contribution in [2.24, 2.45) is 0 Å². The predicted molar refractivity (Wildman–Crippen MR) is 71.7 cm³/mol. The molecule has 0 aliphatic rings. The maximum atomic E-state index is 10.8. The van der Waals surface area contributed by atoms with Gasteiger partial charge in [0, 0.05) is 18.2 Å². The summed E-state index contributed by atoms with van der Waals surface area (Å²) in [5, 5.41) is 21.2. The molecule has 0 atom stereocenters. The molecule has 0 aromatic heterocycles. The zero-order chi connectivity index (χ0) is 15.4. The lowest BCUT2D eigenvalue weighted by Gasteiger charge is -2.06. The smallest absolute Gasteiger partial charge is 0.280 e. The highest BCUT2D eigenvalue weighted by molar-refractivity contribution is 5.82. The molecule has 0 heterocycles. The van der Waals surface area contributed by atoms with Crippen LogP contribution in [0, 0.1) is 20.2 Å². The number of hydrogen-bond donors (Lipinski definition) is 0. The number of nitro benzene ring substituents is 2. The van der Waals surface area contributed by atoms with Crippen LogP contribution in [-0.4, -0.2) is 16.1 Å². The van der Waals surface area contributed by atoms with Gasteiger partial charge in [0.2, 0.25) is 0 Å². The van der Waals surface area contributed by atoms with Crippen molar-refractivity contribution in [2.45, 2.75) is 0 Å². The number of rotatable bonds is 5. The Hall–Kier alpha value is -3.29. The van der Waals surface area contributed by atoms with Gasteiger partial charge in [0.15, 0.2) is 6.29 Å². The van der Waals surface area contributed by atoms with Crippen LogP contribution in [0.4, 0.5) is 11.4 Å². The molecule has 21 heavy (non-hydrogen) atoms. The highest BCUT2D eigenvalue weighted by Crippen LogP contribution is 2.27. The van der Waals surface area contributed by atoms with Gasteiger partial charge in [-0.25, -0.2) is 0 Å². The van der Waals surface area contributed by atoms with Crippen LogP contribution >= 0.6 is 0 Å². The standard InChI is InChI=1S/C13H8N2O6/c16-8-9-7-12(5-6-13(9)15(19)20)21-11-3-1-10(2-4-11)14(17)18/h1-8H. The quantitative estimate of drug-likeness (QED) is 0.474. The van der Waals surface area contributed by atoms with Gasteiger partial charge >= 0.3 is 0 Å². The van der Waals surface area contributed by atoms with Crippen LogP contribution < -0.4 is 4.74 Å². The van der Waals surface area contributed by atoms with E-state index in [0.29, 0.717) is 12.0 Å². The molecule has 106 valence electrons. The number of ether oxygens (including phenoxy) is 1. The Kier molecular flexibility index (Phi) is 3.89. The molecule has 0 aliphatic heterocycles. The number of benzene rings is 2. The first-order valence-electron chi connectivity index (χ1n) is 5.67. The molecule has 0 aliphatic carbocycles. The van der Waals surface area contributed by atoms with Gasteiger partial charge in [-0.2, -0.15) is 0 Å². The maximum Gasteiger partial charge on any atom is 0.280 e. The summed E-state index contributed by atoms with van der Waals surface area (Å²) < 4.78 is 5.39. The van der Waals surface area contributed by atoms with Crippen LogP contribution in [0.15, 0.2) is 42.5 Å². The molecule has 8 heteroatoms. The highest BCUT2D eigenvalue weighted by atomic mass is 16.6. The normalized spacial score (nSPS) is 9.90. The summed E-state index contributed by atoms with van der Waals surface area (Å²) in [6.45, 7) is 0. The van der Waals surface area contributed by atoms with Gasteiger partial charge < -0.3 is 4.74 Å². The van der Waals surface area contributed by atoms with Gasteiger partial charge in [0.25, 0.3) is 11.4 Å². The van der Waals surface area contributed by atoms with Crippen molar-refractivity contribution in [3.63, 3.8) is 0 Å². The zero-order valence-corrected chi connectivity index (χ0v) is 10.5. The minimum absolute atomic E-state index is 0.0837. The van der Waals surface area contributed by atoms with E-state index in [4.69, 9.17) is 4.74 Å². The largest absolute Gasteiger partial charge is 0.457 e. The molecule has 0 unspecified atom stereocenters. The van der Waals surface area contributed by atoms with E-state index >= 15 is 0 Å². The number of carbonyl (C=O) groups is 1. The van der Waals surface area contributed by atoms with Crippen LogP contribution in [0.25, 0.3) is 0 Å². The predicted octanol–water partition coefficient (Wildman–Crippen LogP) is 3.11. The van der Waals surface area contributed by atoms with E-state index < -0.39 is 9.85 Å². The molecule has 0 radical (unpaired) electrons. The summed E-state index contributed by atoms with van der Waals surface area (Å²) in [5.74, 6) is 0.530.